The average Bonchev–Trinajstić information content (AvgIpc) is 2.60. The molecule has 0 spiro atoms. The van der Waals surface area contributed by atoms with Gasteiger partial charge in [0.1, 0.15) is 16.8 Å². The van der Waals surface area contributed by atoms with E-state index < -0.39 is 20.9 Å². The summed E-state index contributed by atoms with van der Waals surface area (Å²) in [5.41, 5.74) is 1.47. The average molecular weight is 371 g/mol. The van der Waals surface area contributed by atoms with Crippen molar-refractivity contribution in [3.63, 3.8) is 0 Å². The van der Waals surface area contributed by atoms with Crippen LogP contribution in [0.2, 0.25) is 0 Å². The lowest BCUT2D eigenvalue weighted by Crippen LogP contribution is -2.57. The van der Waals surface area contributed by atoms with E-state index in [2.05, 4.69) is 9.97 Å². The first-order chi connectivity index (χ1) is 12.4. The van der Waals surface area contributed by atoms with Crippen LogP contribution in [0.5, 0.6) is 0 Å². The Morgan fingerprint density at radius 3 is 2.38 bits per heavy atom. The summed E-state index contributed by atoms with van der Waals surface area (Å²) < 4.78 is 38.0. The maximum absolute atomic E-state index is 13.0. The van der Waals surface area contributed by atoms with Crippen molar-refractivity contribution < 1.29 is 17.6 Å². The van der Waals surface area contributed by atoms with Crippen molar-refractivity contribution in [2.45, 2.75) is 10.1 Å². The van der Waals surface area contributed by atoms with Crippen molar-refractivity contribution in [3.05, 3.63) is 66.2 Å². The molecule has 3 aromatic rings. The van der Waals surface area contributed by atoms with Gasteiger partial charge in [0.15, 0.2) is 9.84 Å². The van der Waals surface area contributed by atoms with Crippen molar-refractivity contribution >= 4 is 26.8 Å². The fourth-order valence-electron chi connectivity index (χ4n) is 2.84. The van der Waals surface area contributed by atoms with Gasteiger partial charge in [0.25, 0.3) is 5.91 Å². The molecule has 1 amide bonds. The minimum absolute atomic E-state index is 0.0569. The van der Waals surface area contributed by atoms with E-state index >= 15 is 0 Å². The van der Waals surface area contributed by atoms with E-state index in [4.69, 9.17) is 0 Å². The van der Waals surface area contributed by atoms with Crippen LogP contribution in [0.4, 0.5) is 4.39 Å². The van der Waals surface area contributed by atoms with Gasteiger partial charge in [-0.05, 0) is 36.4 Å². The number of likely N-dealkylation sites (tertiary alicyclic amines) is 1. The number of para-hydroxylation sites is 2. The number of sulfone groups is 1. The Morgan fingerprint density at radius 1 is 1.04 bits per heavy atom. The molecule has 2 aromatic carbocycles. The lowest BCUT2D eigenvalue weighted by atomic mass is 10.2. The molecule has 4 rings (SSSR count). The Hall–Kier alpha value is -2.87. The summed E-state index contributed by atoms with van der Waals surface area (Å²) in [5.74, 6) is -0.849. The highest BCUT2D eigenvalue weighted by atomic mass is 32.2. The fourth-order valence-corrected chi connectivity index (χ4v) is 4.49. The molecule has 1 saturated heterocycles. The first-order valence-corrected chi connectivity index (χ1v) is 9.50. The second-order valence-electron chi connectivity index (χ2n) is 6.08. The molecular formula is C18H14FN3O3S. The van der Waals surface area contributed by atoms with Gasteiger partial charge >= 0.3 is 0 Å². The van der Waals surface area contributed by atoms with Gasteiger partial charge in [-0.2, -0.15) is 0 Å². The highest BCUT2D eigenvalue weighted by molar-refractivity contribution is 7.92. The van der Waals surface area contributed by atoms with Crippen LogP contribution < -0.4 is 0 Å². The zero-order valence-corrected chi connectivity index (χ0v) is 14.4. The van der Waals surface area contributed by atoms with E-state index in [9.17, 15) is 17.6 Å². The minimum Gasteiger partial charge on any atom is -0.334 e. The van der Waals surface area contributed by atoms with Gasteiger partial charge in [-0.25, -0.2) is 17.8 Å². The largest absolute Gasteiger partial charge is 0.334 e. The smallest absolute Gasteiger partial charge is 0.274 e. The molecular weight excluding hydrogens is 357 g/mol. The summed E-state index contributed by atoms with van der Waals surface area (Å²) in [4.78, 5) is 22.5. The molecule has 0 bridgehead atoms. The Kier molecular flexibility index (Phi) is 3.91. The third-order valence-corrected chi connectivity index (χ3v) is 6.49. The maximum atomic E-state index is 13.0. The number of aromatic nitrogens is 2. The molecule has 2 heterocycles. The van der Waals surface area contributed by atoms with E-state index in [1.165, 1.54) is 23.2 Å². The zero-order valence-electron chi connectivity index (χ0n) is 13.5. The maximum Gasteiger partial charge on any atom is 0.274 e. The van der Waals surface area contributed by atoms with Crippen LogP contribution in [0.3, 0.4) is 0 Å². The molecule has 1 aliphatic heterocycles. The summed E-state index contributed by atoms with van der Waals surface area (Å²) in [7, 11) is -3.60. The third-order valence-electron chi connectivity index (χ3n) is 4.38. The molecule has 0 saturated carbocycles. The second-order valence-corrected chi connectivity index (χ2v) is 8.30. The SMILES string of the molecule is O=C(c1cnc2ccccc2n1)N1CC(S(=O)(=O)c2ccc(F)cc2)C1. The number of halogens is 1. The Bertz CT molecular complexity index is 1090. The highest BCUT2D eigenvalue weighted by Crippen LogP contribution is 2.25. The monoisotopic (exact) mass is 371 g/mol. The van der Waals surface area contributed by atoms with Crippen LogP contribution in [0.15, 0.2) is 59.6 Å². The number of carbonyl (C=O) groups excluding carboxylic acids is 1. The fraction of sp³-hybridized carbons (Fsp3) is 0.167. The van der Waals surface area contributed by atoms with E-state index in [0.29, 0.717) is 11.0 Å². The minimum atomic E-state index is -3.60. The van der Waals surface area contributed by atoms with Crippen molar-refractivity contribution in [2.24, 2.45) is 0 Å². The van der Waals surface area contributed by atoms with E-state index in [-0.39, 0.29) is 29.6 Å². The van der Waals surface area contributed by atoms with Gasteiger partial charge in [-0.15, -0.1) is 0 Å². The molecule has 26 heavy (non-hydrogen) atoms. The first kappa shape index (κ1) is 16.6. The summed E-state index contributed by atoms with van der Waals surface area (Å²) in [6.45, 7) is 0.153. The number of nitrogens with zero attached hydrogens (tertiary/aromatic N) is 3. The number of fused-ring (bicyclic) bond motifs is 1. The van der Waals surface area contributed by atoms with Crippen molar-refractivity contribution in [2.75, 3.05) is 13.1 Å². The molecule has 0 aliphatic carbocycles. The van der Waals surface area contributed by atoms with Crippen molar-refractivity contribution in [1.82, 2.24) is 14.9 Å². The molecule has 1 fully saturated rings. The molecule has 1 aliphatic rings. The van der Waals surface area contributed by atoms with Crippen LogP contribution in [0, 0.1) is 5.82 Å². The molecule has 0 unspecified atom stereocenters. The standard InChI is InChI=1S/C18H14FN3O3S/c19-12-5-7-13(8-6-12)26(24,25)14-10-22(11-14)18(23)17-9-20-15-3-1-2-4-16(15)21-17/h1-9,14H,10-11H2. The van der Waals surface area contributed by atoms with Gasteiger partial charge in [0, 0.05) is 13.1 Å². The summed E-state index contributed by atoms with van der Waals surface area (Å²) in [6.07, 6.45) is 1.40. The summed E-state index contributed by atoms with van der Waals surface area (Å²) in [5, 5.41) is -0.703. The Morgan fingerprint density at radius 2 is 1.69 bits per heavy atom. The predicted octanol–water partition coefficient (Wildman–Crippen LogP) is 2.07. The molecule has 0 radical (unpaired) electrons. The van der Waals surface area contributed by atoms with Crippen LogP contribution in [-0.4, -0.2) is 47.5 Å². The number of benzene rings is 2. The molecule has 6 nitrogen and oxygen atoms in total. The quantitative estimate of drug-likeness (QED) is 0.659. The summed E-state index contributed by atoms with van der Waals surface area (Å²) in [6, 6.07) is 11.9. The van der Waals surface area contributed by atoms with E-state index in [1.807, 2.05) is 6.07 Å². The lowest BCUT2D eigenvalue weighted by molar-refractivity contribution is 0.0652. The van der Waals surface area contributed by atoms with Gasteiger partial charge < -0.3 is 4.90 Å². The van der Waals surface area contributed by atoms with Crippen LogP contribution in [0.1, 0.15) is 10.5 Å². The molecule has 1 aromatic heterocycles. The van der Waals surface area contributed by atoms with E-state index in [0.717, 1.165) is 12.1 Å². The third kappa shape index (κ3) is 2.82. The Labute approximate surface area is 149 Å². The molecule has 8 heteroatoms. The number of hydrogen-bond donors (Lipinski definition) is 0. The van der Waals surface area contributed by atoms with E-state index in [1.54, 1.807) is 18.2 Å². The molecule has 132 valence electrons. The van der Waals surface area contributed by atoms with Gasteiger partial charge in [0.05, 0.1) is 22.1 Å². The lowest BCUT2D eigenvalue weighted by Gasteiger charge is -2.38. The van der Waals surface area contributed by atoms with Crippen LogP contribution in [0.25, 0.3) is 11.0 Å². The van der Waals surface area contributed by atoms with Crippen LogP contribution in [-0.2, 0) is 9.84 Å². The Balaban J connectivity index is 1.49. The number of hydrogen-bond acceptors (Lipinski definition) is 5. The summed E-state index contributed by atoms with van der Waals surface area (Å²) >= 11 is 0. The second kappa shape index (κ2) is 6.14. The number of amides is 1. The number of rotatable bonds is 3. The van der Waals surface area contributed by atoms with Crippen molar-refractivity contribution in [3.8, 4) is 0 Å². The van der Waals surface area contributed by atoms with Gasteiger partial charge in [-0.1, -0.05) is 12.1 Å². The van der Waals surface area contributed by atoms with Crippen molar-refractivity contribution in [1.29, 1.82) is 0 Å². The highest BCUT2D eigenvalue weighted by Gasteiger charge is 2.41. The first-order valence-electron chi connectivity index (χ1n) is 7.96. The molecule has 0 atom stereocenters. The predicted molar refractivity (Wildman–Crippen MR) is 92.8 cm³/mol. The molecule has 0 N–H and O–H groups in total. The normalized spacial score (nSPS) is 15.0. The van der Waals surface area contributed by atoms with Gasteiger partial charge in [0.2, 0.25) is 0 Å². The van der Waals surface area contributed by atoms with Crippen LogP contribution >= 0.6 is 0 Å². The zero-order chi connectivity index (χ0) is 18.3. The topological polar surface area (TPSA) is 80.2 Å². The van der Waals surface area contributed by atoms with Gasteiger partial charge in [-0.3, -0.25) is 9.78 Å². The number of carbonyl (C=O) groups is 1.